The summed E-state index contributed by atoms with van der Waals surface area (Å²) >= 11 is 11.8. The van der Waals surface area contributed by atoms with Crippen LogP contribution in [0.25, 0.3) is 0 Å². The molecule has 3 rings (SSSR count). The van der Waals surface area contributed by atoms with Crippen LogP contribution in [-0.2, 0) is 10.0 Å². The highest BCUT2D eigenvalue weighted by Gasteiger charge is 2.29. The number of nitro groups is 1. The van der Waals surface area contributed by atoms with E-state index in [0.717, 1.165) is 25.3 Å². The van der Waals surface area contributed by atoms with Crippen LogP contribution in [0.1, 0.15) is 19.3 Å². The van der Waals surface area contributed by atoms with Gasteiger partial charge in [0.05, 0.1) is 19.9 Å². The van der Waals surface area contributed by atoms with E-state index in [9.17, 15) is 18.5 Å². The van der Waals surface area contributed by atoms with Gasteiger partial charge in [0.15, 0.2) is 0 Å². The van der Waals surface area contributed by atoms with Crippen molar-refractivity contribution in [2.24, 2.45) is 0 Å². The number of hydrogen-bond acceptors (Lipinski definition) is 5. The number of nitrogens with zero attached hydrogens (tertiary/aromatic N) is 2. The van der Waals surface area contributed by atoms with Crippen molar-refractivity contribution >= 4 is 38.9 Å². The van der Waals surface area contributed by atoms with E-state index in [1.165, 1.54) is 34.6 Å². The van der Waals surface area contributed by atoms with Gasteiger partial charge < -0.3 is 4.74 Å². The molecular formula is C17H16Cl2N2O5S. The monoisotopic (exact) mass is 430 g/mol. The summed E-state index contributed by atoms with van der Waals surface area (Å²) in [5.74, 6) is 0.162. The Kier molecular flexibility index (Phi) is 5.90. The molecule has 0 bridgehead atoms. The minimum Gasteiger partial charge on any atom is -0.450 e. The number of sulfonamides is 1. The number of ether oxygens (including phenoxy) is 1. The first kappa shape index (κ1) is 19.9. The van der Waals surface area contributed by atoms with Crippen LogP contribution >= 0.6 is 23.2 Å². The predicted octanol–water partition coefficient (Wildman–Crippen LogP) is 4.87. The standard InChI is InChI=1S/C17H16Cl2N2O5S/c18-14-6-4-12(10-15(14)19)26-17-7-5-13(11-16(17)21(22)23)27(24,25)20-8-2-1-3-9-20/h4-7,10-11H,1-3,8-9H2. The first-order chi connectivity index (χ1) is 12.8. The lowest BCUT2D eigenvalue weighted by Crippen LogP contribution is -2.35. The third-order valence-corrected chi connectivity index (χ3v) is 6.83. The van der Waals surface area contributed by atoms with Gasteiger partial charge in [0.1, 0.15) is 5.75 Å². The first-order valence-electron chi connectivity index (χ1n) is 8.20. The number of nitro benzene ring substituents is 1. The largest absolute Gasteiger partial charge is 0.450 e. The molecule has 0 spiro atoms. The van der Waals surface area contributed by atoms with Gasteiger partial charge >= 0.3 is 5.69 Å². The van der Waals surface area contributed by atoms with Crippen LogP contribution in [0.3, 0.4) is 0 Å². The van der Waals surface area contributed by atoms with E-state index in [0.29, 0.717) is 18.1 Å². The van der Waals surface area contributed by atoms with E-state index < -0.39 is 20.6 Å². The van der Waals surface area contributed by atoms with E-state index in [-0.39, 0.29) is 21.4 Å². The molecule has 0 radical (unpaired) electrons. The van der Waals surface area contributed by atoms with Crippen LogP contribution in [0, 0.1) is 10.1 Å². The zero-order chi connectivity index (χ0) is 19.6. The second kappa shape index (κ2) is 8.02. The summed E-state index contributed by atoms with van der Waals surface area (Å²) < 4.78 is 32.4. The van der Waals surface area contributed by atoms with E-state index in [2.05, 4.69) is 0 Å². The predicted molar refractivity (Wildman–Crippen MR) is 102 cm³/mol. The summed E-state index contributed by atoms with van der Waals surface area (Å²) in [6.07, 6.45) is 2.53. The molecule has 0 aromatic heterocycles. The molecule has 1 fully saturated rings. The highest BCUT2D eigenvalue weighted by molar-refractivity contribution is 7.89. The van der Waals surface area contributed by atoms with Gasteiger partial charge in [0.2, 0.25) is 15.8 Å². The average molecular weight is 431 g/mol. The zero-order valence-electron chi connectivity index (χ0n) is 14.1. The second-order valence-corrected chi connectivity index (χ2v) is 8.78. The van der Waals surface area contributed by atoms with Crippen molar-refractivity contribution in [3.8, 4) is 11.5 Å². The number of benzene rings is 2. The number of halogens is 2. The van der Waals surface area contributed by atoms with Gasteiger partial charge in [-0.05, 0) is 37.1 Å². The van der Waals surface area contributed by atoms with Crippen LogP contribution in [0.2, 0.25) is 10.0 Å². The highest BCUT2D eigenvalue weighted by Crippen LogP contribution is 2.36. The fraction of sp³-hybridized carbons (Fsp3) is 0.294. The van der Waals surface area contributed by atoms with Gasteiger partial charge in [-0.25, -0.2) is 8.42 Å². The lowest BCUT2D eigenvalue weighted by atomic mass is 10.2. The summed E-state index contributed by atoms with van der Waals surface area (Å²) in [5, 5.41) is 12.0. The summed E-state index contributed by atoms with van der Waals surface area (Å²) in [5.41, 5.74) is -0.445. The molecule has 0 N–H and O–H groups in total. The van der Waals surface area contributed by atoms with Crippen LogP contribution in [0.5, 0.6) is 11.5 Å². The van der Waals surface area contributed by atoms with E-state index in [4.69, 9.17) is 27.9 Å². The Morgan fingerprint density at radius 3 is 2.33 bits per heavy atom. The molecule has 7 nitrogen and oxygen atoms in total. The molecule has 0 atom stereocenters. The lowest BCUT2D eigenvalue weighted by molar-refractivity contribution is -0.385. The SMILES string of the molecule is O=[N+]([O-])c1cc(S(=O)(=O)N2CCCCC2)ccc1Oc1ccc(Cl)c(Cl)c1. The van der Waals surface area contributed by atoms with Crippen molar-refractivity contribution in [2.45, 2.75) is 24.2 Å². The molecule has 0 saturated carbocycles. The number of piperidine rings is 1. The van der Waals surface area contributed by atoms with E-state index in [1.807, 2.05) is 0 Å². The van der Waals surface area contributed by atoms with Gasteiger partial charge in [0, 0.05) is 25.2 Å². The lowest BCUT2D eigenvalue weighted by Gasteiger charge is -2.25. The maximum absolute atomic E-state index is 12.7. The molecule has 1 heterocycles. The molecule has 10 heteroatoms. The number of rotatable bonds is 5. The fourth-order valence-corrected chi connectivity index (χ4v) is 4.63. The van der Waals surface area contributed by atoms with E-state index >= 15 is 0 Å². The van der Waals surface area contributed by atoms with Crippen LogP contribution in [0.4, 0.5) is 5.69 Å². The van der Waals surface area contributed by atoms with Crippen molar-refractivity contribution in [3.63, 3.8) is 0 Å². The quantitative estimate of drug-likeness (QED) is 0.498. The zero-order valence-corrected chi connectivity index (χ0v) is 16.4. The van der Waals surface area contributed by atoms with Gasteiger partial charge in [-0.3, -0.25) is 10.1 Å². The molecule has 0 aliphatic carbocycles. The highest BCUT2D eigenvalue weighted by atomic mass is 35.5. The Balaban J connectivity index is 1.95. The maximum Gasteiger partial charge on any atom is 0.312 e. The average Bonchev–Trinajstić information content (AvgIpc) is 2.65. The summed E-state index contributed by atoms with van der Waals surface area (Å²) in [6, 6.07) is 8.04. The molecule has 1 aliphatic rings. The van der Waals surface area contributed by atoms with Gasteiger partial charge in [-0.15, -0.1) is 0 Å². The first-order valence-corrected chi connectivity index (χ1v) is 10.4. The third-order valence-electron chi connectivity index (χ3n) is 4.20. The Hall–Kier alpha value is -1.87. The van der Waals surface area contributed by atoms with Crippen LogP contribution in [0.15, 0.2) is 41.3 Å². The molecule has 0 unspecified atom stereocenters. The number of hydrogen-bond donors (Lipinski definition) is 0. The van der Waals surface area contributed by atoms with Gasteiger partial charge in [0.25, 0.3) is 0 Å². The normalized spacial score (nSPS) is 15.5. The third kappa shape index (κ3) is 4.35. The molecule has 2 aromatic carbocycles. The van der Waals surface area contributed by atoms with Crippen LogP contribution < -0.4 is 4.74 Å². The van der Waals surface area contributed by atoms with Crippen LogP contribution in [-0.4, -0.2) is 30.7 Å². The summed E-state index contributed by atoms with van der Waals surface area (Å²) in [4.78, 5) is 10.7. The van der Waals surface area contributed by atoms with E-state index in [1.54, 1.807) is 0 Å². The smallest absolute Gasteiger partial charge is 0.312 e. The van der Waals surface area contributed by atoms with Crippen molar-refractivity contribution in [3.05, 3.63) is 56.6 Å². The minimum absolute atomic E-state index is 0.0871. The molecular weight excluding hydrogens is 415 g/mol. The Morgan fingerprint density at radius 1 is 1.00 bits per heavy atom. The summed E-state index contributed by atoms with van der Waals surface area (Å²) in [7, 11) is -3.79. The van der Waals surface area contributed by atoms with Gasteiger partial charge in [-0.1, -0.05) is 29.6 Å². The molecule has 2 aromatic rings. The molecule has 0 amide bonds. The summed E-state index contributed by atoms with van der Waals surface area (Å²) in [6.45, 7) is 0.829. The van der Waals surface area contributed by atoms with Crippen molar-refractivity contribution in [1.29, 1.82) is 0 Å². The topological polar surface area (TPSA) is 89.8 Å². The fourth-order valence-electron chi connectivity index (χ4n) is 2.81. The molecule has 27 heavy (non-hydrogen) atoms. The Bertz CT molecular complexity index is 975. The maximum atomic E-state index is 12.7. The molecule has 1 saturated heterocycles. The molecule has 144 valence electrons. The Morgan fingerprint density at radius 2 is 1.70 bits per heavy atom. The second-order valence-electron chi connectivity index (χ2n) is 6.03. The minimum atomic E-state index is -3.79. The van der Waals surface area contributed by atoms with Crippen molar-refractivity contribution < 1.29 is 18.1 Å². The molecule has 1 aliphatic heterocycles. The Labute approximate surface area is 166 Å². The van der Waals surface area contributed by atoms with Crippen molar-refractivity contribution in [1.82, 2.24) is 4.31 Å². The van der Waals surface area contributed by atoms with Crippen molar-refractivity contribution in [2.75, 3.05) is 13.1 Å². The van der Waals surface area contributed by atoms with Gasteiger partial charge in [-0.2, -0.15) is 4.31 Å².